The summed E-state index contributed by atoms with van der Waals surface area (Å²) >= 11 is 5.01. The van der Waals surface area contributed by atoms with E-state index in [1.54, 1.807) is 30.5 Å². The SMILES string of the molecule is COc1cc(C(=O)Oc2ccc(/C=N\n3cn[nH]c3=S)cc2)cc(OC)c1OC. The Hall–Kier alpha value is -3.66. The minimum absolute atomic E-state index is 0.263. The van der Waals surface area contributed by atoms with Gasteiger partial charge in [0, 0.05) is 0 Å². The van der Waals surface area contributed by atoms with E-state index in [2.05, 4.69) is 15.3 Å². The van der Waals surface area contributed by atoms with Crippen LogP contribution in [0.1, 0.15) is 15.9 Å². The molecule has 2 aromatic carbocycles. The standard InChI is InChI=1S/C19H18N4O5S/c1-25-15-8-13(9-16(26-2)17(15)27-3)18(24)28-14-6-4-12(5-7-14)10-21-23-11-20-22-19(23)29/h4-11H,1-3H3,(H,22,29)/b21-10-. The van der Waals surface area contributed by atoms with Crippen LogP contribution in [0.3, 0.4) is 0 Å². The normalized spacial score (nSPS) is 10.7. The first kappa shape index (κ1) is 20.1. The molecular weight excluding hydrogens is 396 g/mol. The topological polar surface area (TPSA) is 100.0 Å². The van der Waals surface area contributed by atoms with Gasteiger partial charge in [-0.1, -0.05) is 0 Å². The van der Waals surface area contributed by atoms with Crippen molar-refractivity contribution in [2.45, 2.75) is 0 Å². The van der Waals surface area contributed by atoms with Gasteiger partial charge in [-0.05, 0) is 54.2 Å². The first-order chi connectivity index (χ1) is 14.0. The van der Waals surface area contributed by atoms with Gasteiger partial charge in [-0.2, -0.15) is 14.9 Å². The van der Waals surface area contributed by atoms with Crippen molar-refractivity contribution in [2.75, 3.05) is 21.3 Å². The zero-order chi connectivity index (χ0) is 20.8. The van der Waals surface area contributed by atoms with E-state index < -0.39 is 5.97 Å². The summed E-state index contributed by atoms with van der Waals surface area (Å²) in [5.41, 5.74) is 1.06. The Kier molecular flexibility index (Phi) is 6.25. The first-order valence-electron chi connectivity index (χ1n) is 8.34. The molecule has 0 aliphatic heterocycles. The van der Waals surface area contributed by atoms with Crippen molar-refractivity contribution in [3.63, 3.8) is 0 Å². The number of carbonyl (C=O) groups excluding carboxylic acids is 1. The largest absolute Gasteiger partial charge is 0.493 e. The third-order valence-electron chi connectivity index (χ3n) is 3.86. The van der Waals surface area contributed by atoms with Crippen LogP contribution in [-0.2, 0) is 0 Å². The number of methoxy groups -OCH3 is 3. The molecule has 0 amide bonds. The number of aromatic nitrogens is 3. The van der Waals surface area contributed by atoms with Gasteiger partial charge in [0.1, 0.15) is 12.1 Å². The van der Waals surface area contributed by atoms with Gasteiger partial charge in [-0.15, -0.1) is 0 Å². The maximum Gasteiger partial charge on any atom is 0.343 e. The third-order valence-corrected chi connectivity index (χ3v) is 4.14. The van der Waals surface area contributed by atoms with E-state index in [0.29, 0.717) is 27.8 Å². The number of H-pyrrole nitrogens is 1. The second kappa shape index (κ2) is 9.02. The maximum atomic E-state index is 12.5. The van der Waals surface area contributed by atoms with Gasteiger partial charge in [-0.3, -0.25) is 5.10 Å². The molecule has 0 spiro atoms. The summed E-state index contributed by atoms with van der Waals surface area (Å²) in [5.74, 6) is 0.940. The summed E-state index contributed by atoms with van der Waals surface area (Å²) in [6.45, 7) is 0. The zero-order valence-corrected chi connectivity index (χ0v) is 16.7. The lowest BCUT2D eigenvalue weighted by Crippen LogP contribution is -2.09. The number of aromatic amines is 1. The van der Waals surface area contributed by atoms with Crippen LogP contribution in [0.5, 0.6) is 23.0 Å². The summed E-state index contributed by atoms with van der Waals surface area (Å²) in [6, 6.07) is 9.88. The highest BCUT2D eigenvalue weighted by atomic mass is 32.1. The number of esters is 1. The Bertz CT molecular complexity index is 1060. The van der Waals surface area contributed by atoms with E-state index in [1.165, 1.54) is 44.5 Å². The highest BCUT2D eigenvalue weighted by Crippen LogP contribution is 2.38. The molecule has 0 unspecified atom stereocenters. The molecule has 1 aromatic heterocycles. The third kappa shape index (κ3) is 4.61. The van der Waals surface area contributed by atoms with Crippen molar-refractivity contribution < 1.29 is 23.7 Å². The monoisotopic (exact) mass is 414 g/mol. The van der Waals surface area contributed by atoms with Crippen LogP contribution in [0.2, 0.25) is 0 Å². The molecule has 9 nitrogen and oxygen atoms in total. The lowest BCUT2D eigenvalue weighted by molar-refractivity contribution is 0.0734. The van der Waals surface area contributed by atoms with Crippen LogP contribution in [-0.4, -0.2) is 48.4 Å². The fraction of sp³-hybridized carbons (Fsp3) is 0.158. The van der Waals surface area contributed by atoms with Gasteiger partial charge in [0.2, 0.25) is 10.5 Å². The molecule has 0 bridgehead atoms. The maximum absolute atomic E-state index is 12.5. The number of ether oxygens (including phenoxy) is 4. The molecule has 3 aromatic rings. The number of nitrogens with zero attached hydrogens (tertiary/aromatic N) is 3. The molecule has 0 fully saturated rings. The molecule has 0 atom stereocenters. The van der Waals surface area contributed by atoms with Crippen LogP contribution in [0.25, 0.3) is 0 Å². The number of nitrogens with one attached hydrogen (secondary N) is 1. The number of hydrogen-bond donors (Lipinski definition) is 1. The Morgan fingerprint density at radius 3 is 2.28 bits per heavy atom. The van der Waals surface area contributed by atoms with Gasteiger partial charge >= 0.3 is 5.97 Å². The lowest BCUT2D eigenvalue weighted by Gasteiger charge is -2.13. The Balaban J connectivity index is 1.75. The van der Waals surface area contributed by atoms with Gasteiger partial charge in [0.05, 0.1) is 33.1 Å². The van der Waals surface area contributed by atoms with Crippen molar-refractivity contribution in [3.05, 3.63) is 58.6 Å². The average Bonchev–Trinajstić information content (AvgIpc) is 3.16. The van der Waals surface area contributed by atoms with E-state index in [-0.39, 0.29) is 5.56 Å². The predicted molar refractivity (Wildman–Crippen MR) is 108 cm³/mol. The van der Waals surface area contributed by atoms with E-state index in [0.717, 1.165) is 5.56 Å². The van der Waals surface area contributed by atoms with Crippen LogP contribution in [0, 0.1) is 4.77 Å². The molecule has 29 heavy (non-hydrogen) atoms. The smallest absolute Gasteiger partial charge is 0.343 e. The van der Waals surface area contributed by atoms with Gasteiger partial charge < -0.3 is 18.9 Å². The van der Waals surface area contributed by atoms with Gasteiger partial charge in [0.15, 0.2) is 11.5 Å². The molecule has 1 heterocycles. The fourth-order valence-corrected chi connectivity index (χ4v) is 2.59. The highest BCUT2D eigenvalue weighted by Gasteiger charge is 2.18. The Morgan fingerprint density at radius 2 is 1.76 bits per heavy atom. The molecule has 0 aliphatic carbocycles. The van der Waals surface area contributed by atoms with Crippen LogP contribution < -0.4 is 18.9 Å². The molecule has 0 radical (unpaired) electrons. The molecule has 1 N–H and O–H groups in total. The summed E-state index contributed by atoms with van der Waals surface area (Å²) < 4.78 is 23.0. The summed E-state index contributed by atoms with van der Waals surface area (Å²) in [6.07, 6.45) is 3.07. The van der Waals surface area contributed by atoms with Crippen molar-refractivity contribution in [2.24, 2.45) is 5.10 Å². The quantitative estimate of drug-likeness (QED) is 0.274. The Labute approximate surface area is 171 Å². The number of rotatable bonds is 7. The highest BCUT2D eigenvalue weighted by molar-refractivity contribution is 7.71. The van der Waals surface area contributed by atoms with Crippen molar-refractivity contribution >= 4 is 24.4 Å². The van der Waals surface area contributed by atoms with Crippen molar-refractivity contribution in [1.29, 1.82) is 0 Å². The van der Waals surface area contributed by atoms with Gasteiger partial charge in [-0.25, -0.2) is 4.79 Å². The second-order valence-corrected chi connectivity index (χ2v) is 6.01. The number of benzene rings is 2. The van der Waals surface area contributed by atoms with Crippen LogP contribution >= 0.6 is 12.2 Å². The minimum atomic E-state index is -0.560. The molecule has 3 rings (SSSR count). The average molecular weight is 414 g/mol. The molecule has 0 saturated carbocycles. The van der Waals surface area contributed by atoms with Crippen molar-refractivity contribution in [3.8, 4) is 23.0 Å². The zero-order valence-electron chi connectivity index (χ0n) is 15.9. The molecule has 10 heteroatoms. The number of carbonyl (C=O) groups is 1. The van der Waals surface area contributed by atoms with Gasteiger partial charge in [0.25, 0.3) is 0 Å². The lowest BCUT2D eigenvalue weighted by atomic mass is 10.2. The van der Waals surface area contributed by atoms with Crippen molar-refractivity contribution in [1.82, 2.24) is 14.9 Å². The molecule has 0 saturated heterocycles. The minimum Gasteiger partial charge on any atom is -0.493 e. The summed E-state index contributed by atoms with van der Waals surface area (Å²) in [4.78, 5) is 12.5. The first-order valence-corrected chi connectivity index (χ1v) is 8.75. The summed E-state index contributed by atoms with van der Waals surface area (Å²) in [5, 5.41) is 10.6. The predicted octanol–water partition coefficient (Wildman–Crippen LogP) is 3.07. The van der Waals surface area contributed by atoms with E-state index in [4.69, 9.17) is 31.2 Å². The summed E-state index contributed by atoms with van der Waals surface area (Å²) in [7, 11) is 4.44. The van der Waals surface area contributed by atoms with E-state index in [1.807, 2.05) is 0 Å². The second-order valence-electron chi connectivity index (χ2n) is 5.62. The van der Waals surface area contributed by atoms with E-state index >= 15 is 0 Å². The van der Waals surface area contributed by atoms with Crippen LogP contribution in [0.4, 0.5) is 0 Å². The molecular formula is C19H18N4O5S. The molecule has 0 aliphatic rings. The molecule has 150 valence electrons. The fourth-order valence-electron chi connectivity index (χ4n) is 2.44. The Morgan fingerprint density at radius 1 is 1.10 bits per heavy atom. The number of hydrogen-bond acceptors (Lipinski definition) is 8. The van der Waals surface area contributed by atoms with Crippen LogP contribution in [0.15, 0.2) is 47.8 Å². The van der Waals surface area contributed by atoms with E-state index in [9.17, 15) is 4.79 Å².